The number of nitrogens with zero attached hydrogens (tertiary/aromatic N) is 5. The third-order valence-corrected chi connectivity index (χ3v) is 6.53. The fourth-order valence-electron chi connectivity index (χ4n) is 4.24. The minimum atomic E-state index is -0.339. The number of aryl methyl sites for hydroxylation is 1. The van der Waals surface area contributed by atoms with E-state index < -0.39 is 0 Å². The standard InChI is InChI=1S/C22H25N5O4S/c1-14-11-16(12-20-21(28)24(4)22(32)23(20)3)15(2)26(14)17-5-6-18(19(13-17)27(29)30)25-7-9-31-10-8-25/h5-6,11-13H,7-10H2,1-4H3/b20-12-. The fraction of sp³-hybridized carbons (Fsp3) is 0.364. The highest BCUT2D eigenvalue weighted by Gasteiger charge is 2.33. The van der Waals surface area contributed by atoms with Gasteiger partial charge in [-0.1, -0.05) is 0 Å². The Kier molecular flexibility index (Phi) is 5.74. The molecule has 0 unspecified atom stereocenters. The molecule has 3 heterocycles. The second-order valence-corrected chi connectivity index (χ2v) is 8.29. The molecule has 9 nitrogen and oxygen atoms in total. The monoisotopic (exact) mass is 455 g/mol. The van der Waals surface area contributed by atoms with Crippen LogP contribution in [-0.4, -0.2) is 70.7 Å². The van der Waals surface area contributed by atoms with Gasteiger partial charge in [-0.15, -0.1) is 0 Å². The zero-order valence-corrected chi connectivity index (χ0v) is 19.3. The molecule has 0 bridgehead atoms. The van der Waals surface area contributed by atoms with Gasteiger partial charge in [-0.2, -0.15) is 0 Å². The van der Waals surface area contributed by atoms with Crippen molar-refractivity contribution in [2.75, 3.05) is 45.3 Å². The van der Waals surface area contributed by atoms with Crippen LogP contribution in [0.4, 0.5) is 11.4 Å². The lowest BCUT2D eigenvalue weighted by atomic mass is 10.2. The van der Waals surface area contributed by atoms with E-state index in [1.807, 2.05) is 41.5 Å². The zero-order chi connectivity index (χ0) is 23.2. The summed E-state index contributed by atoms with van der Waals surface area (Å²) >= 11 is 5.29. The molecule has 1 amide bonds. The van der Waals surface area contributed by atoms with E-state index in [1.54, 1.807) is 31.1 Å². The van der Waals surface area contributed by atoms with E-state index in [4.69, 9.17) is 17.0 Å². The summed E-state index contributed by atoms with van der Waals surface area (Å²) in [6.45, 7) is 6.22. The first-order valence-electron chi connectivity index (χ1n) is 10.3. The Bertz CT molecular complexity index is 1150. The van der Waals surface area contributed by atoms with E-state index in [0.717, 1.165) is 17.0 Å². The van der Waals surface area contributed by atoms with Gasteiger partial charge in [-0.3, -0.25) is 19.8 Å². The molecular formula is C22H25N5O4S. The molecule has 2 aliphatic heterocycles. The first-order valence-corrected chi connectivity index (χ1v) is 10.7. The van der Waals surface area contributed by atoms with Crippen molar-refractivity contribution in [1.82, 2.24) is 14.4 Å². The molecule has 1 aromatic carbocycles. The summed E-state index contributed by atoms with van der Waals surface area (Å²) in [5.41, 5.74) is 4.50. The van der Waals surface area contributed by atoms with Crippen molar-refractivity contribution in [3.63, 3.8) is 0 Å². The number of hydrogen-bond donors (Lipinski definition) is 0. The van der Waals surface area contributed by atoms with Crippen molar-refractivity contribution in [3.8, 4) is 5.69 Å². The molecule has 2 aromatic rings. The molecule has 0 saturated carbocycles. The lowest BCUT2D eigenvalue weighted by molar-refractivity contribution is -0.384. The van der Waals surface area contributed by atoms with Crippen LogP contribution in [0.3, 0.4) is 0 Å². The van der Waals surface area contributed by atoms with Crippen molar-refractivity contribution in [2.24, 2.45) is 0 Å². The summed E-state index contributed by atoms with van der Waals surface area (Å²) in [5, 5.41) is 12.3. The number of anilines is 1. The van der Waals surface area contributed by atoms with Crippen molar-refractivity contribution in [1.29, 1.82) is 0 Å². The number of likely N-dealkylation sites (N-methyl/N-ethyl adjacent to an activating group) is 2. The summed E-state index contributed by atoms with van der Waals surface area (Å²) in [6.07, 6.45) is 1.81. The molecule has 2 saturated heterocycles. The van der Waals surface area contributed by atoms with Crippen molar-refractivity contribution in [2.45, 2.75) is 13.8 Å². The van der Waals surface area contributed by atoms with Gasteiger partial charge >= 0.3 is 0 Å². The summed E-state index contributed by atoms with van der Waals surface area (Å²) in [4.78, 5) is 29.2. The molecule has 0 aliphatic carbocycles. The smallest absolute Gasteiger partial charge is 0.294 e. The van der Waals surface area contributed by atoms with Crippen molar-refractivity contribution in [3.05, 3.63) is 57.0 Å². The van der Waals surface area contributed by atoms with Gasteiger partial charge < -0.3 is 19.1 Å². The normalized spacial score (nSPS) is 18.2. The molecule has 0 radical (unpaired) electrons. The van der Waals surface area contributed by atoms with Crippen LogP contribution in [0, 0.1) is 24.0 Å². The molecular weight excluding hydrogens is 430 g/mol. The number of rotatable bonds is 4. The Hall–Kier alpha value is -3.24. The Morgan fingerprint density at radius 1 is 1.12 bits per heavy atom. The van der Waals surface area contributed by atoms with Crippen LogP contribution >= 0.6 is 12.2 Å². The molecule has 10 heteroatoms. The predicted molar refractivity (Wildman–Crippen MR) is 126 cm³/mol. The van der Waals surface area contributed by atoms with Crippen LogP contribution in [0.25, 0.3) is 11.8 Å². The van der Waals surface area contributed by atoms with Crippen molar-refractivity contribution < 1.29 is 14.5 Å². The number of nitro benzene ring substituents is 1. The lowest BCUT2D eigenvalue weighted by Crippen LogP contribution is -2.36. The van der Waals surface area contributed by atoms with E-state index >= 15 is 0 Å². The first kappa shape index (κ1) is 22.0. The van der Waals surface area contributed by atoms with Gasteiger partial charge in [0.15, 0.2) is 5.11 Å². The largest absolute Gasteiger partial charge is 0.378 e. The lowest BCUT2D eigenvalue weighted by Gasteiger charge is -2.28. The number of carbonyl (C=O) groups is 1. The number of thiocarbonyl (C=S) groups is 1. The summed E-state index contributed by atoms with van der Waals surface area (Å²) in [5.74, 6) is -0.159. The molecule has 32 heavy (non-hydrogen) atoms. The number of ether oxygens (including phenoxy) is 1. The third kappa shape index (κ3) is 3.65. The molecule has 1 aromatic heterocycles. The summed E-state index contributed by atoms with van der Waals surface area (Å²) in [6, 6.07) is 7.27. The van der Waals surface area contributed by atoms with Gasteiger partial charge in [-0.25, -0.2) is 0 Å². The average Bonchev–Trinajstić information content (AvgIpc) is 3.16. The van der Waals surface area contributed by atoms with Crippen LogP contribution < -0.4 is 4.90 Å². The zero-order valence-electron chi connectivity index (χ0n) is 18.5. The van der Waals surface area contributed by atoms with E-state index in [9.17, 15) is 14.9 Å². The molecule has 0 spiro atoms. The quantitative estimate of drug-likeness (QED) is 0.303. The maximum Gasteiger partial charge on any atom is 0.294 e. The van der Waals surface area contributed by atoms with Crippen LogP contribution in [0.15, 0.2) is 30.0 Å². The van der Waals surface area contributed by atoms with Crippen LogP contribution in [-0.2, 0) is 9.53 Å². The Morgan fingerprint density at radius 2 is 1.81 bits per heavy atom. The second kappa shape index (κ2) is 8.36. The maximum absolute atomic E-state index is 12.5. The molecule has 0 atom stereocenters. The number of benzene rings is 1. The first-order chi connectivity index (χ1) is 15.2. The SMILES string of the molecule is Cc1cc(/C=C2/C(=O)N(C)C(=S)N2C)c(C)n1-c1ccc(N2CCOCC2)c([N+](=O)[O-])c1. The van der Waals surface area contributed by atoms with Gasteiger partial charge in [0.1, 0.15) is 11.4 Å². The molecule has 4 rings (SSSR count). The number of nitro groups is 1. The van der Waals surface area contributed by atoms with Gasteiger partial charge in [0, 0.05) is 44.6 Å². The van der Waals surface area contributed by atoms with E-state index in [0.29, 0.717) is 48.5 Å². The van der Waals surface area contributed by atoms with Gasteiger partial charge in [0.2, 0.25) is 0 Å². The highest BCUT2D eigenvalue weighted by atomic mass is 32.1. The molecule has 2 fully saturated rings. The molecule has 0 N–H and O–H groups in total. The summed E-state index contributed by atoms with van der Waals surface area (Å²) in [7, 11) is 3.42. The van der Waals surface area contributed by atoms with E-state index in [2.05, 4.69) is 0 Å². The minimum absolute atomic E-state index is 0.0643. The minimum Gasteiger partial charge on any atom is -0.378 e. The number of amides is 1. The fourth-order valence-corrected chi connectivity index (χ4v) is 4.42. The van der Waals surface area contributed by atoms with Gasteiger partial charge in [0.05, 0.1) is 23.8 Å². The van der Waals surface area contributed by atoms with Crippen LogP contribution in [0.1, 0.15) is 17.0 Å². The molecule has 168 valence electrons. The second-order valence-electron chi connectivity index (χ2n) is 7.93. The number of carbonyl (C=O) groups excluding carboxylic acids is 1. The highest BCUT2D eigenvalue weighted by molar-refractivity contribution is 7.80. The molecule has 2 aliphatic rings. The maximum atomic E-state index is 12.5. The topological polar surface area (TPSA) is 84.1 Å². The predicted octanol–water partition coefficient (Wildman–Crippen LogP) is 2.87. The van der Waals surface area contributed by atoms with Gasteiger partial charge in [0.25, 0.3) is 11.6 Å². The van der Waals surface area contributed by atoms with Crippen LogP contribution in [0.5, 0.6) is 0 Å². The Balaban J connectivity index is 1.75. The third-order valence-electron chi connectivity index (χ3n) is 5.99. The summed E-state index contributed by atoms with van der Waals surface area (Å²) < 4.78 is 7.33. The Morgan fingerprint density at radius 3 is 2.41 bits per heavy atom. The van der Waals surface area contributed by atoms with E-state index in [1.165, 1.54) is 4.90 Å². The van der Waals surface area contributed by atoms with Crippen molar-refractivity contribution >= 4 is 40.7 Å². The van der Waals surface area contributed by atoms with Crippen LogP contribution in [0.2, 0.25) is 0 Å². The number of hydrogen-bond acceptors (Lipinski definition) is 6. The van der Waals surface area contributed by atoms with Gasteiger partial charge in [-0.05, 0) is 55.9 Å². The van der Waals surface area contributed by atoms with E-state index in [-0.39, 0.29) is 16.5 Å². The Labute approximate surface area is 191 Å². The number of morpholine rings is 1. The number of aromatic nitrogens is 1. The highest BCUT2D eigenvalue weighted by Crippen LogP contribution is 2.33. The average molecular weight is 456 g/mol.